The molecule has 2 aromatic heterocycles. The van der Waals surface area contributed by atoms with E-state index in [-0.39, 0.29) is 17.0 Å². The lowest BCUT2D eigenvalue weighted by Crippen LogP contribution is -2.25. The number of halogens is 1. The maximum Gasteiger partial charge on any atom is 0.230 e. The molecule has 1 aromatic carbocycles. The van der Waals surface area contributed by atoms with Crippen LogP contribution in [-0.4, -0.2) is 31.0 Å². The van der Waals surface area contributed by atoms with Crippen LogP contribution in [0.5, 0.6) is 0 Å². The number of amides is 1. The van der Waals surface area contributed by atoms with Gasteiger partial charge in [-0.05, 0) is 30.7 Å². The highest BCUT2D eigenvalue weighted by molar-refractivity contribution is 8.00. The smallest absolute Gasteiger partial charge is 0.230 e. The van der Waals surface area contributed by atoms with Gasteiger partial charge in [0, 0.05) is 5.56 Å². The molecule has 1 atom stereocenters. The minimum absolute atomic E-state index is 0.353. The summed E-state index contributed by atoms with van der Waals surface area (Å²) in [5, 5.41) is 12.8. The molecule has 0 radical (unpaired) electrons. The molecule has 0 saturated carbocycles. The first-order chi connectivity index (χ1) is 11.1. The van der Waals surface area contributed by atoms with Gasteiger partial charge in [0.15, 0.2) is 11.5 Å². The molecule has 8 heteroatoms. The Morgan fingerprint density at radius 3 is 2.87 bits per heavy atom. The molecule has 0 saturated heterocycles. The molecule has 0 aliphatic carbocycles. The Balaban J connectivity index is 2.02. The molecule has 0 aliphatic rings. The number of rotatable bonds is 5. The fourth-order valence-electron chi connectivity index (χ4n) is 2.13. The molecule has 3 rings (SSSR count). The van der Waals surface area contributed by atoms with Crippen LogP contribution in [0.2, 0.25) is 0 Å². The largest absolute Gasteiger partial charge is 0.369 e. The first-order valence-corrected chi connectivity index (χ1v) is 7.91. The zero-order chi connectivity index (χ0) is 16.4. The van der Waals surface area contributed by atoms with Crippen LogP contribution >= 0.6 is 11.8 Å². The summed E-state index contributed by atoms with van der Waals surface area (Å²) in [5.74, 6) is -0.299. The van der Waals surface area contributed by atoms with Crippen molar-refractivity contribution in [1.82, 2.24) is 19.8 Å². The number of hydrogen-bond donors (Lipinski definition) is 1. The van der Waals surface area contributed by atoms with Crippen molar-refractivity contribution < 1.29 is 9.18 Å². The third-order valence-corrected chi connectivity index (χ3v) is 4.58. The van der Waals surface area contributed by atoms with Crippen LogP contribution in [-0.2, 0) is 4.79 Å². The van der Waals surface area contributed by atoms with Gasteiger partial charge in [0.1, 0.15) is 10.8 Å². The third kappa shape index (κ3) is 3.16. The van der Waals surface area contributed by atoms with Gasteiger partial charge in [-0.15, -0.1) is 10.2 Å². The fraction of sp³-hybridized carbons (Fsp3) is 0.200. The topological polar surface area (TPSA) is 86.2 Å². The highest BCUT2D eigenvalue weighted by Gasteiger charge is 2.17. The number of nitrogens with zero attached hydrogens (tertiary/aromatic N) is 4. The second-order valence-electron chi connectivity index (χ2n) is 4.89. The lowest BCUT2D eigenvalue weighted by atomic mass is 10.2. The number of carbonyl (C=O) groups excluding carboxylic acids is 1. The predicted octanol–water partition coefficient (Wildman–Crippen LogP) is 2.29. The van der Waals surface area contributed by atoms with Crippen molar-refractivity contribution in [3.05, 3.63) is 42.2 Å². The summed E-state index contributed by atoms with van der Waals surface area (Å²) in [6.07, 6.45) is 0.610. The van der Waals surface area contributed by atoms with Crippen LogP contribution in [0.3, 0.4) is 0 Å². The highest BCUT2D eigenvalue weighted by atomic mass is 32.2. The third-order valence-electron chi connectivity index (χ3n) is 3.27. The summed E-state index contributed by atoms with van der Waals surface area (Å²) in [6.45, 7) is 1.89. The monoisotopic (exact) mass is 331 g/mol. The number of carbonyl (C=O) groups is 1. The molecule has 6 nitrogen and oxygen atoms in total. The molecule has 0 fully saturated rings. The standard InChI is InChI=1S/C15H14FN5OS/c1-2-11(14(17)22)23-13-7-6-12-18-19-15(21(12)20-13)9-4-3-5-10(16)8-9/h3-8,11H,2H2,1H3,(H2,17,22)/t11-/m1/s1. The van der Waals surface area contributed by atoms with Gasteiger partial charge in [0.25, 0.3) is 0 Å². The van der Waals surface area contributed by atoms with Crippen molar-refractivity contribution in [2.24, 2.45) is 5.73 Å². The molecule has 2 heterocycles. The maximum absolute atomic E-state index is 13.4. The molecule has 0 unspecified atom stereocenters. The van der Waals surface area contributed by atoms with E-state index in [1.165, 1.54) is 28.4 Å². The van der Waals surface area contributed by atoms with Crippen molar-refractivity contribution >= 4 is 23.3 Å². The van der Waals surface area contributed by atoms with Crippen molar-refractivity contribution in [3.8, 4) is 11.4 Å². The Hall–Kier alpha value is -2.48. The SMILES string of the molecule is CC[C@@H](Sc1ccc2nnc(-c3cccc(F)c3)n2n1)C(N)=O. The van der Waals surface area contributed by atoms with Crippen LogP contribution in [0.4, 0.5) is 4.39 Å². The van der Waals surface area contributed by atoms with Crippen molar-refractivity contribution in [1.29, 1.82) is 0 Å². The van der Waals surface area contributed by atoms with E-state index in [0.29, 0.717) is 28.5 Å². The van der Waals surface area contributed by atoms with Gasteiger partial charge in [-0.1, -0.05) is 30.8 Å². The van der Waals surface area contributed by atoms with Gasteiger partial charge < -0.3 is 5.73 Å². The number of thioether (sulfide) groups is 1. The van der Waals surface area contributed by atoms with Crippen LogP contribution in [0.25, 0.3) is 17.0 Å². The van der Waals surface area contributed by atoms with E-state index >= 15 is 0 Å². The molecule has 2 N–H and O–H groups in total. The summed E-state index contributed by atoms with van der Waals surface area (Å²) >= 11 is 1.29. The molecular formula is C15H14FN5OS. The number of hydrogen-bond acceptors (Lipinski definition) is 5. The van der Waals surface area contributed by atoms with Gasteiger partial charge in [-0.25, -0.2) is 4.39 Å². The van der Waals surface area contributed by atoms with Gasteiger partial charge in [-0.3, -0.25) is 4.79 Å². The first kappa shape index (κ1) is 15.4. The molecule has 118 valence electrons. The van der Waals surface area contributed by atoms with E-state index in [1.54, 1.807) is 24.3 Å². The quantitative estimate of drug-likeness (QED) is 0.725. The van der Waals surface area contributed by atoms with Crippen molar-refractivity contribution in [2.45, 2.75) is 23.6 Å². The minimum Gasteiger partial charge on any atom is -0.369 e. The summed E-state index contributed by atoms with van der Waals surface area (Å²) in [4.78, 5) is 11.4. The summed E-state index contributed by atoms with van der Waals surface area (Å²) < 4.78 is 14.9. The van der Waals surface area contributed by atoms with Crippen molar-refractivity contribution in [3.63, 3.8) is 0 Å². The Bertz CT molecular complexity index is 866. The van der Waals surface area contributed by atoms with E-state index in [4.69, 9.17) is 5.73 Å². The van der Waals surface area contributed by atoms with E-state index in [1.807, 2.05) is 6.92 Å². The average molecular weight is 331 g/mol. The van der Waals surface area contributed by atoms with Gasteiger partial charge in [0.2, 0.25) is 5.91 Å². The van der Waals surface area contributed by atoms with Crippen molar-refractivity contribution in [2.75, 3.05) is 0 Å². The zero-order valence-corrected chi connectivity index (χ0v) is 13.1. The molecule has 0 aliphatic heterocycles. The number of fused-ring (bicyclic) bond motifs is 1. The summed E-state index contributed by atoms with van der Waals surface area (Å²) in [6, 6.07) is 9.58. The molecule has 23 heavy (non-hydrogen) atoms. The number of nitrogens with two attached hydrogens (primary N) is 1. The zero-order valence-electron chi connectivity index (χ0n) is 12.3. The van der Waals surface area contributed by atoms with Gasteiger partial charge in [-0.2, -0.15) is 9.61 Å². The van der Waals surface area contributed by atoms with Crippen LogP contribution in [0, 0.1) is 5.82 Å². The lowest BCUT2D eigenvalue weighted by molar-refractivity contribution is -0.117. The second kappa shape index (κ2) is 6.33. The first-order valence-electron chi connectivity index (χ1n) is 7.03. The minimum atomic E-state index is -0.381. The van der Waals surface area contributed by atoms with E-state index in [0.717, 1.165) is 0 Å². The van der Waals surface area contributed by atoms with E-state index in [2.05, 4.69) is 15.3 Å². The number of benzene rings is 1. The average Bonchev–Trinajstić information content (AvgIpc) is 2.95. The Kier molecular flexibility index (Phi) is 4.24. The van der Waals surface area contributed by atoms with Gasteiger partial charge >= 0.3 is 0 Å². The highest BCUT2D eigenvalue weighted by Crippen LogP contribution is 2.25. The van der Waals surface area contributed by atoms with Crippen LogP contribution in [0.15, 0.2) is 41.4 Å². The predicted molar refractivity (Wildman–Crippen MR) is 85.3 cm³/mol. The molecular weight excluding hydrogens is 317 g/mol. The normalized spacial score (nSPS) is 12.4. The lowest BCUT2D eigenvalue weighted by Gasteiger charge is -2.09. The van der Waals surface area contributed by atoms with E-state index < -0.39 is 0 Å². The molecule has 0 bridgehead atoms. The van der Waals surface area contributed by atoms with Crippen LogP contribution in [0.1, 0.15) is 13.3 Å². The summed E-state index contributed by atoms with van der Waals surface area (Å²) in [7, 11) is 0. The molecule has 0 spiro atoms. The van der Waals surface area contributed by atoms with Gasteiger partial charge in [0.05, 0.1) is 5.25 Å². The van der Waals surface area contributed by atoms with Crippen LogP contribution < -0.4 is 5.73 Å². The summed E-state index contributed by atoms with van der Waals surface area (Å²) in [5.41, 5.74) is 6.48. The fourth-order valence-corrected chi connectivity index (χ4v) is 2.98. The Labute approximate surface area is 135 Å². The molecule has 3 aromatic rings. The molecule has 1 amide bonds. The maximum atomic E-state index is 13.4. The Morgan fingerprint density at radius 1 is 1.35 bits per heavy atom. The second-order valence-corrected chi connectivity index (χ2v) is 6.12. The van der Waals surface area contributed by atoms with E-state index in [9.17, 15) is 9.18 Å². The number of aromatic nitrogens is 4. The Morgan fingerprint density at radius 2 is 2.17 bits per heavy atom. The number of primary amides is 1.